The van der Waals surface area contributed by atoms with Gasteiger partial charge in [0.05, 0.1) is 0 Å². The second-order valence-electron chi connectivity index (χ2n) is 2.79. The summed E-state index contributed by atoms with van der Waals surface area (Å²) in [6.45, 7) is 0.894. The predicted molar refractivity (Wildman–Crippen MR) is 43.7 cm³/mol. The molecule has 1 aliphatic carbocycles. The van der Waals surface area contributed by atoms with E-state index in [1.54, 1.807) is 0 Å². The monoisotopic (exact) mass is 145 g/mol. The average Bonchev–Trinajstić information content (AvgIpc) is 2.64. The summed E-state index contributed by atoms with van der Waals surface area (Å²) in [6.07, 6.45) is 5.02. The molecule has 0 aromatic rings. The molecule has 0 aromatic heterocycles. The predicted octanol–water partition coefficient (Wildman–Crippen LogP) is 1.33. The van der Waals surface area contributed by atoms with E-state index >= 15 is 0 Å². The molecule has 54 valence electrons. The SMILES string of the molecule is CSCC(CN)C1CC1. The van der Waals surface area contributed by atoms with Crippen LogP contribution in [0.2, 0.25) is 0 Å². The van der Waals surface area contributed by atoms with Crippen molar-refractivity contribution in [2.24, 2.45) is 17.6 Å². The van der Waals surface area contributed by atoms with Crippen LogP contribution in [0.15, 0.2) is 0 Å². The van der Waals surface area contributed by atoms with Gasteiger partial charge in [-0.2, -0.15) is 11.8 Å². The van der Waals surface area contributed by atoms with Crippen LogP contribution >= 0.6 is 11.8 Å². The van der Waals surface area contributed by atoms with Crippen molar-refractivity contribution in [3.8, 4) is 0 Å². The number of nitrogens with two attached hydrogens (primary N) is 1. The van der Waals surface area contributed by atoms with Gasteiger partial charge in [0.15, 0.2) is 0 Å². The second kappa shape index (κ2) is 3.47. The van der Waals surface area contributed by atoms with Gasteiger partial charge in [-0.05, 0) is 43.2 Å². The van der Waals surface area contributed by atoms with E-state index in [2.05, 4.69) is 6.26 Å². The lowest BCUT2D eigenvalue weighted by Crippen LogP contribution is -2.18. The van der Waals surface area contributed by atoms with Crippen molar-refractivity contribution in [2.75, 3.05) is 18.6 Å². The van der Waals surface area contributed by atoms with Crippen molar-refractivity contribution >= 4 is 11.8 Å². The molecule has 0 saturated heterocycles. The maximum Gasteiger partial charge on any atom is -0.00272 e. The second-order valence-corrected chi connectivity index (χ2v) is 3.70. The van der Waals surface area contributed by atoms with Gasteiger partial charge in [-0.15, -0.1) is 0 Å². The van der Waals surface area contributed by atoms with Gasteiger partial charge in [-0.1, -0.05) is 0 Å². The van der Waals surface area contributed by atoms with E-state index in [0.717, 1.165) is 18.4 Å². The number of rotatable bonds is 4. The van der Waals surface area contributed by atoms with Crippen molar-refractivity contribution in [1.29, 1.82) is 0 Å². The molecular weight excluding hydrogens is 130 g/mol. The Morgan fingerprint density at radius 2 is 2.33 bits per heavy atom. The van der Waals surface area contributed by atoms with E-state index in [-0.39, 0.29) is 0 Å². The summed E-state index contributed by atoms with van der Waals surface area (Å²) in [7, 11) is 0. The Hall–Kier alpha value is 0.310. The Balaban J connectivity index is 2.12. The van der Waals surface area contributed by atoms with Crippen molar-refractivity contribution in [3.05, 3.63) is 0 Å². The fraction of sp³-hybridized carbons (Fsp3) is 1.00. The van der Waals surface area contributed by atoms with Crippen LogP contribution in [0.3, 0.4) is 0 Å². The zero-order valence-corrected chi connectivity index (χ0v) is 6.79. The molecule has 0 aliphatic heterocycles. The van der Waals surface area contributed by atoms with Crippen molar-refractivity contribution < 1.29 is 0 Å². The van der Waals surface area contributed by atoms with Gasteiger partial charge >= 0.3 is 0 Å². The maximum atomic E-state index is 5.59. The molecule has 0 bridgehead atoms. The highest BCUT2D eigenvalue weighted by Gasteiger charge is 2.29. The van der Waals surface area contributed by atoms with Crippen LogP contribution in [-0.2, 0) is 0 Å². The van der Waals surface area contributed by atoms with E-state index in [0.29, 0.717) is 0 Å². The van der Waals surface area contributed by atoms with Crippen LogP contribution in [0, 0.1) is 11.8 Å². The molecule has 1 rings (SSSR count). The molecule has 0 spiro atoms. The molecule has 1 unspecified atom stereocenters. The third kappa shape index (κ3) is 2.18. The van der Waals surface area contributed by atoms with Gasteiger partial charge in [-0.25, -0.2) is 0 Å². The number of hydrogen-bond donors (Lipinski definition) is 1. The maximum absolute atomic E-state index is 5.59. The highest BCUT2D eigenvalue weighted by Crippen LogP contribution is 2.37. The third-order valence-electron chi connectivity index (χ3n) is 1.97. The van der Waals surface area contributed by atoms with Gasteiger partial charge < -0.3 is 5.73 Å². The highest BCUT2D eigenvalue weighted by molar-refractivity contribution is 7.98. The third-order valence-corrected chi connectivity index (χ3v) is 2.73. The fourth-order valence-electron chi connectivity index (χ4n) is 1.18. The van der Waals surface area contributed by atoms with Crippen molar-refractivity contribution in [2.45, 2.75) is 12.8 Å². The van der Waals surface area contributed by atoms with Crippen LogP contribution in [0.4, 0.5) is 0 Å². The minimum Gasteiger partial charge on any atom is -0.330 e. The molecule has 1 fully saturated rings. The van der Waals surface area contributed by atoms with Gasteiger partial charge in [0.25, 0.3) is 0 Å². The summed E-state index contributed by atoms with van der Waals surface area (Å²) in [5, 5.41) is 0. The van der Waals surface area contributed by atoms with Crippen LogP contribution in [-0.4, -0.2) is 18.6 Å². The molecule has 2 N–H and O–H groups in total. The van der Waals surface area contributed by atoms with Crippen molar-refractivity contribution in [3.63, 3.8) is 0 Å². The van der Waals surface area contributed by atoms with Crippen LogP contribution in [0.25, 0.3) is 0 Å². The molecule has 0 heterocycles. The Morgan fingerprint density at radius 3 is 2.67 bits per heavy atom. The Labute approximate surface area is 61.4 Å². The Morgan fingerprint density at radius 1 is 1.67 bits per heavy atom. The zero-order chi connectivity index (χ0) is 6.69. The first-order chi connectivity index (χ1) is 4.38. The standard InChI is InChI=1S/C7H15NS/c1-9-5-7(4-8)6-2-3-6/h6-7H,2-5,8H2,1H3. The smallest absolute Gasteiger partial charge is 0.00272 e. The van der Waals surface area contributed by atoms with E-state index < -0.39 is 0 Å². The van der Waals surface area contributed by atoms with Crippen LogP contribution < -0.4 is 5.73 Å². The molecule has 2 heteroatoms. The normalized spacial score (nSPS) is 22.0. The summed E-state index contributed by atoms with van der Waals surface area (Å²) in [6, 6.07) is 0. The lowest BCUT2D eigenvalue weighted by atomic mass is 10.1. The first kappa shape index (κ1) is 7.42. The van der Waals surface area contributed by atoms with E-state index in [9.17, 15) is 0 Å². The van der Waals surface area contributed by atoms with Gasteiger partial charge in [0, 0.05) is 0 Å². The molecule has 0 aromatic carbocycles. The lowest BCUT2D eigenvalue weighted by Gasteiger charge is -2.10. The molecule has 9 heavy (non-hydrogen) atoms. The minimum absolute atomic E-state index is 0.819. The molecular formula is C7H15NS. The van der Waals surface area contributed by atoms with Gasteiger partial charge in [0.1, 0.15) is 0 Å². The molecule has 0 radical (unpaired) electrons. The lowest BCUT2D eigenvalue weighted by molar-refractivity contribution is 0.531. The average molecular weight is 145 g/mol. The van der Waals surface area contributed by atoms with E-state index in [4.69, 9.17) is 5.73 Å². The Kier molecular flexibility index (Phi) is 2.86. The largest absolute Gasteiger partial charge is 0.330 e. The number of hydrogen-bond acceptors (Lipinski definition) is 2. The summed E-state index contributed by atoms with van der Waals surface area (Å²) in [5.74, 6) is 3.07. The quantitative estimate of drug-likeness (QED) is 0.646. The fourth-order valence-corrected chi connectivity index (χ4v) is 2.01. The van der Waals surface area contributed by atoms with Gasteiger partial charge in [-0.3, -0.25) is 0 Å². The zero-order valence-electron chi connectivity index (χ0n) is 5.97. The molecule has 1 atom stereocenters. The first-order valence-electron chi connectivity index (χ1n) is 3.57. The summed E-state index contributed by atoms with van der Waals surface area (Å²) in [5.41, 5.74) is 5.59. The minimum atomic E-state index is 0.819. The molecule has 1 aliphatic rings. The molecule has 0 amide bonds. The molecule has 1 saturated carbocycles. The van der Waals surface area contributed by atoms with Crippen LogP contribution in [0.5, 0.6) is 0 Å². The van der Waals surface area contributed by atoms with Crippen molar-refractivity contribution in [1.82, 2.24) is 0 Å². The summed E-state index contributed by atoms with van der Waals surface area (Å²) < 4.78 is 0. The van der Waals surface area contributed by atoms with Crippen LogP contribution in [0.1, 0.15) is 12.8 Å². The van der Waals surface area contributed by atoms with E-state index in [1.165, 1.54) is 18.6 Å². The number of thioether (sulfide) groups is 1. The topological polar surface area (TPSA) is 26.0 Å². The highest BCUT2D eigenvalue weighted by atomic mass is 32.2. The first-order valence-corrected chi connectivity index (χ1v) is 4.97. The van der Waals surface area contributed by atoms with Gasteiger partial charge in [0.2, 0.25) is 0 Å². The summed E-state index contributed by atoms with van der Waals surface area (Å²) in [4.78, 5) is 0. The summed E-state index contributed by atoms with van der Waals surface area (Å²) >= 11 is 1.92. The molecule has 1 nitrogen and oxygen atoms in total. The Bertz CT molecular complexity index is 81.0. The van der Waals surface area contributed by atoms with E-state index in [1.807, 2.05) is 11.8 Å².